The van der Waals surface area contributed by atoms with Crippen LogP contribution in [-0.2, 0) is 4.79 Å². The Morgan fingerprint density at radius 2 is 1.96 bits per heavy atom. The number of ether oxygens (including phenoxy) is 1. The second-order valence-corrected chi connectivity index (χ2v) is 6.09. The van der Waals surface area contributed by atoms with Crippen molar-refractivity contribution in [3.05, 3.63) is 48.2 Å². The van der Waals surface area contributed by atoms with Crippen LogP contribution < -0.4 is 10.1 Å². The van der Waals surface area contributed by atoms with Gasteiger partial charge >= 0.3 is 6.61 Å². The summed E-state index contributed by atoms with van der Waals surface area (Å²) in [5.41, 5.74) is 0.607. The van der Waals surface area contributed by atoms with Gasteiger partial charge in [0.25, 0.3) is 5.91 Å². The van der Waals surface area contributed by atoms with E-state index in [1.165, 1.54) is 18.6 Å². The van der Waals surface area contributed by atoms with Crippen LogP contribution in [0, 0.1) is 11.7 Å². The van der Waals surface area contributed by atoms with Crippen LogP contribution in [0.15, 0.2) is 41.2 Å². The summed E-state index contributed by atoms with van der Waals surface area (Å²) < 4.78 is 46.9. The van der Waals surface area contributed by atoms with Gasteiger partial charge in [-0.25, -0.2) is 4.39 Å². The number of amides is 2. The molecule has 2 amide bonds. The molecule has 1 N–H and O–H groups in total. The van der Waals surface area contributed by atoms with Crippen molar-refractivity contribution >= 4 is 17.5 Å². The predicted octanol–water partition coefficient (Wildman–Crippen LogP) is 3.51. The lowest BCUT2D eigenvalue weighted by Gasteiger charge is -2.31. The Balaban J connectivity index is 1.54. The van der Waals surface area contributed by atoms with Crippen molar-refractivity contribution in [2.45, 2.75) is 19.5 Å². The van der Waals surface area contributed by atoms with Crippen LogP contribution in [0.5, 0.6) is 5.75 Å². The van der Waals surface area contributed by atoms with Crippen LogP contribution in [-0.4, -0.2) is 36.4 Å². The standard InChI is InChI=1S/C18H17F3N2O4/c19-14-9-13(1-2-15(14)27-18(20)21)22-16(24)11-3-6-23(7-4-11)17(25)12-5-8-26-10-12/h1-2,5,8-11,18H,3-4,6-7H2,(H,22,24). The smallest absolute Gasteiger partial charge is 0.387 e. The van der Waals surface area contributed by atoms with Gasteiger partial charge in [-0.1, -0.05) is 0 Å². The molecule has 1 aromatic heterocycles. The van der Waals surface area contributed by atoms with E-state index in [0.29, 0.717) is 31.5 Å². The molecule has 1 aromatic carbocycles. The zero-order valence-electron chi connectivity index (χ0n) is 14.2. The van der Waals surface area contributed by atoms with Crippen LogP contribution in [0.4, 0.5) is 18.9 Å². The summed E-state index contributed by atoms with van der Waals surface area (Å²) in [5.74, 6) is -2.38. The summed E-state index contributed by atoms with van der Waals surface area (Å²) in [4.78, 5) is 26.2. The summed E-state index contributed by atoms with van der Waals surface area (Å²) in [6.07, 6.45) is 3.72. The van der Waals surface area contributed by atoms with Crippen molar-refractivity contribution in [1.29, 1.82) is 0 Å². The first kappa shape index (κ1) is 18.8. The van der Waals surface area contributed by atoms with Gasteiger partial charge in [0.2, 0.25) is 5.91 Å². The summed E-state index contributed by atoms with van der Waals surface area (Å²) in [5, 5.41) is 2.56. The maximum Gasteiger partial charge on any atom is 0.387 e. The van der Waals surface area contributed by atoms with Crippen LogP contribution in [0.25, 0.3) is 0 Å². The minimum atomic E-state index is -3.13. The van der Waals surface area contributed by atoms with Crippen LogP contribution in [0.3, 0.4) is 0 Å². The highest BCUT2D eigenvalue weighted by Gasteiger charge is 2.28. The van der Waals surface area contributed by atoms with Gasteiger partial charge in [-0.05, 0) is 31.0 Å². The normalized spacial score (nSPS) is 15.0. The van der Waals surface area contributed by atoms with Crippen molar-refractivity contribution < 1.29 is 31.9 Å². The maximum absolute atomic E-state index is 13.7. The van der Waals surface area contributed by atoms with Crippen LogP contribution >= 0.6 is 0 Å². The maximum atomic E-state index is 13.7. The highest BCUT2D eigenvalue weighted by atomic mass is 19.3. The molecule has 0 unspecified atom stereocenters. The molecule has 144 valence electrons. The molecule has 0 radical (unpaired) electrons. The predicted molar refractivity (Wildman–Crippen MR) is 89.0 cm³/mol. The Morgan fingerprint density at radius 1 is 1.22 bits per heavy atom. The molecule has 6 nitrogen and oxygen atoms in total. The van der Waals surface area contributed by atoms with Gasteiger partial charge < -0.3 is 19.4 Å². The van der Waals surface area contributed by atoms with E-state index in [9.17, 15) is 22.8 Å². The number of nitrogens with zero attached hydrogens (tertiary/aromatic N) is 1. The molecule has 9 heteroatoms. The Bertz CT molecular complexity index is 803. The lowest BCUT2D eigenvalue weighted by atomic mass is 9.95. The number of alkyl halides is 2. The Morgan fingerprint density at radius 3 is 2.56 bits per heavy atom. The number of anilines is 1. The molecule has 1 fully saturated rings. The topological polar surface area (TPSA) is 71.8 Å². The lowest BCUT2D eigenvalue weighted by Crippen LogP contribution is -2.41. The van der Waals surface area contributed by atoms with Gasteiger partial charge in [-0.2, -0.15) is 8.78 Å². The molecule has 2 heterocycles. The molecule has 1 saturated heterocycles. The van der Waals surface area contributed by atoms with Gasteiger partial charge in [-0.3, -0.25) is 9.59 Å². The number of rotatable bonds is 5. The average Bonchev–Trinajstić information content (AvgIpc) is 3.18. The Kier molecular flexibility index (Phi) is 5.68. The van der Waals surface area contributed by atoms with Crippen molar-refractivity contribution in [3.8, 4) is 5.75 Å². The monoisotopic (exact) mass is 382 g/mol. The number of carbonyl (C=O) groups is 2. The Labute approximate surface area is 152 Å². The van der Waals surface area contributed by atoms with Crippen molar-refractivity contribution in [1.82, 2.24) is 4.90 Å². The molecule has 27 heavy (non-hydrogen) atoms. The SMILES string of the molecule is O=C(Nc1ccc(OC(F)F)c(F)c1)C1CCN(C(=O)c2ccoc2)CC1. The van der Waals surface area contributed by atoms with Gasteiger partial charge in [-0.15, -0.1) is 0 Å². The van der Waals surface area contributed by atoms with Crippen molar-refractivity contribution in [3.63, 3.8) is 0 Å². The van der Waals surface area contributed by atoms with E-state index < -0.39 is 18.2 Å². The molecule has 2 aromatic rings. The molecule has 0 saturated carbocycles. The lowest BCUT2D eigenvalue weighted by molar-refractivity contribution is -0.121. The average molecular weight is 382 g/mol. The second kappa shape index (κ2) is 8.15. The quantitative estimate of drug-likeness (QED) is 0.859. The highest BCUT2D eigenvalue weighted by molar-refractivity contribution is 5.95. The Hall–Kier alpha value is -2.97. The molecule has 0 spiro atoms. The molecule has 0 bridgehead atoms. The van der Waals surface area contributed by atoms with E-state index >= 15 is 0 Å². The first-order valence-corrected chi connectivity index (χ1v) is 8.30. The minimum Gasteiger partial charge on any atom is -0.472 e. The molecule has 0 atom stereocenters. The zero-order chi connectivity index (χ0) is 19.4. The fourth-order valence-electron chi connectivity index (χ4n) is 2.93. The summed E-state index contributed by atoms with van der Waals surface area (Å²) >= 11 is 0. The van der Waals surface area contributed by atoms with E-state index in [1.807, 2.05) is 0 Å². The van der Waals surface area contributed by atoms with Crippen molar-refractivity contribution in [2.75, 3.05) is 18.4 Å². The largest absolute Gasteiger partial charge is 0.472 e. The van der Waals surface area contributed by atoms with Crippen molar-refractivity contribution in [2.24, 2.45) is 5.92 Å². The van der Waals surface area contributed by atoms with E-state index in [0.717, 1.165) is 12.1 Å². The minimum absolute atomic E-state index is 0.149. The molecular weight excluding hydrogens is 365 g/mol. The van der Waals surface area contributed by atoms with Gasteiger partial charge in [0.15, 0.2) is 11.6 Å². The molecular formula is C18H17F3N2O4. The van der Waals surface area contributed by atoms with E-state index in [4.69, 9.17) is 4.42 Å². The number of benzene rings is 1. The third kappa shape index (κ3) is 4.60. The third-order valence-electron chi connectivity index (χ3n) is 4.34. The first-order chi connectivity index (χ1) is 12.9. The van der Waals surface area contributed by atoms with Gasteiger partial charge in [0, 0.05) is 30.8 Å². The summed E-state index contributed by atoms with van der Waals surface area (Å²) in [7, 11) is 0. The fourth-order valence-corrected chi connectivity index (χ4v) is 2.93. The molecule has 1 aliphatic heterocycles. The third-order valence-corrected chi connectivity index (χ3v) is 4.34. The number of likely N-dealkylation sites (tertiary alicyclic amines) is 1. The van der Waals surface area contributed by atoms with Gasteiger partial charge in [0.1, 0.15) is 6.26 Å². The molecule has 1 aliphatic rings. The fraction of sp³-hybridized carbons (Fsp3) is 0.333. The number of nitrogens with one attached hydrogen (secondary N) is 1. The summed E-state index contributed by atoms with van der Waals surface area (Å²) in [6, 6.07) is 4.82. The van der Waals surface area contributed by atoms with Crippen LogP contribution in [0.1, 0.15) is 23.2 Å². The van der Waals surface area contributed by atoms with E-state index in [2.05, 4.69) is 10.1 Å². The number of furan rings is 1. The number of hydrogen-bond donors (Lipinski definition) is 1. The molecule has 0 aliphatic carbocycles. The van der Waals surface area contributed by atoms with Gasteiger partial charge in [0.05, 0.1) is 11.8 Å². The number of carbonyl (C=O) groups excluding carboxylic acids is 2. The number of hydrogen-bond acceptors (Lipinski definition) is 4. The first-order valence-electron chi connectivity index (χ1n) is 8.30. The van der Waals surface area contributed by atoms with E-state index in [-0.39, 0.29) is 23.4 Å². The molecule has 3 rings (SSSR count). The summed E-state index contributed by atoms with van der Waals surface area (Å²) in [6.45, 7) is -2.30. The number of piperidine rings is 1. The number of halogens is 3. The second-order valence-electron chi connectivity index (χ2n) is 6.09. The zero-order valence-corrected chi connectivity index (χ0v) is 14.2. The van der Waals surface area contributed by atoms with E-state index in [1.54, 1.807) is 11.0 Å². The highest BCUT2D eigenvalue weighted by Crippen LogP contribution is 2.25. The van der Waals surface area contributed by atoms with Crippen LogP contribution in [0.2, 0.25) is 0 Å².